The van der Waals surface area contributed by atoms with Gasteiger partial charge in [-0.15, -0.1) is 0 Å². The number of amides is 1. The first kappa shape index (κ1) is 18.2. The van der Waals surface area contributed by atoms with Gasteiger partial charge in [0.15, 0.2) is 6.10 Å². The van der Waals surface area contributed by atoms with Crippen molar-refractivity contribution in [3.8, 4) is 6.07 Å². The van der Waals surface area contributed by atoms with E-state index < -0.39 is 11.6 Å². The number of nitriles is 1. The van der Waals surface area contributed by atoms with Gasteiger partial charge < -0.3 is 20.1 Å². The fourth-order valence-electron chi connectivity index (χ4n) is 3.10. The quantitative estimate of drug-likeness (QED) is 0.834. The molecule has 1 saturated heterocycles. The molecule has 1 amide bonds. The summed E-state index contributed by atoms with van der Waals surface area (Å²) >= 11 is 0. The van der Waals surface area contributed by atoms with Crippen molar-refractivity contribution in [1.29, 1.82) is 5.26 Å². The van der Waals surface area contributed by atoms with Crippen molar-refractivity contribution in [3.63, 3.8) is 0 Å². The Morgan fingerprint density at radius 1 is 1.46 bits per heavy atom. The Bertz CT molecular complexity index is 854. The van der Waals surface area contributed by atoms with Gasteiger partial charge in [0.05, 0.1) is 42.2 Å². The third kappa shape index (κ3) is 3.49. The number of carbonyl (C=O) groups excluding carboxylic acids is 1. The number of hydrogen-bond donors (Lipinski definition) is 2. The van der Waals surface area contributed by atoms with Crippen LogP contribution < -0.4 is 10.2 Å². The van der Waals surface area contributed by atoms with E-state index in [2.05, 4.69) is 21.4 Å². The third-order valence-electron chi connectivity index (χ3n) is 4.40. The van der Waals surface area contributed by atoms with Crippen molar-refractivity contribution >= 4 is 17.1 Å². The molecule has 0 aliphatic carbocycles. The monoisotopic (exact) mass is 357 g/mol. The zero-order chi connectivity index (χ0) is 18.9. The molecule has 2 unspecified atom stereocenters. The molecule has 2 aromatic heterocycles. The molecule has 0 aromatic carbocycles. The summed E-state index contributed by atoms with van der Waals surface area (Å²) in [6.45, 7) is 6.28. The van der Waals surface area contributed by atoms with Crippen LogP contribution >= 0.6 is 0 Å². The van der Waals surface area contributed by atoms with Gasteiger partial charge in [0.25, 0.3) is 5.91 Å². The Morgan fingerprint density at radius 3 is 2.92 bits per heavy atom. The Hall–Kier alpha value is -2.63. The highest BCUT2D eigenvalue weighted by atomic mass is 16.5. The highest BCUT2D eigenvalue weighted by Crippen LogP contribution is 2.26. The Balaban J connectivity index is 1.87. The van der Waals surface area contributed by atoms with Gasteiger partial charge in [-0.3, -0.25) is 4.79 Å². The summed E-state index contributed by atoms with van der Waals surface area (Å²) in [5.41, 5.74) is 1.46. The number of fused-ring (bicyclic) bond motifs is 1. The van der Waals surface area contributed by atoms with Gasteiger partial charge in [-0.05, 0) is 39.0 Å². The predicted octanol–water partition coefficient (Wildman–Crippen LogP) is 0.687. The second-order valence-electron chi connectivity index (χ2n) is 7.22. The van der Waals surface area contributed by atoms with Crippen LogP contribution in [0.3, 0.4) is 0 Å². The standard InChI is InChI=1S/C18H23N5O3/c1-12-9-22(10-16(26-12)17(25)21-18(2,3)11-24)14-5-4-13(8-19)23-15(14)6-7-20-23/h4-7,12,16,24H,9-11H2,1-3H3,(H,21,25). The number of morpholine rings is 1. The lowest BCUT2D eigenvalue weighted by Crippen LogP contribution is -2.57. The molecule has 8 heteroatoms. The number of pyridine rings is 1. The highest BCUT2D eigenvalue weighted by Gasteiger charge is 2.33. The van der Waals surface area contributed by atoms with Gasteiger partial charge in [-0.25, -0.2) is 4.52 Å². The molecule has 2 aromatic rings. The molecule has 0 saturated carbocycles. The number of hydrogen-bond acceptors (Lipinski definition) is 6. The molecule has 0 bridgehead atoms. The van der Waals surface area contributed by atoms with Crippen LogP contribution in [0.25, 0.3) is 5.52 Å². The van der Waals surface area contributed by atoms with Crippen LogP contribution in [0.2, 0.25) is 0 Å². The third-order valence-corrected chi connectivity index (χ3v) is 4.40. The highest BCUT2D eigenvalue weighted by molar-refractivity contribution is 5.83. The van der Waals surface area contributed by atoms with Gasteiger partial charge >= 0.3 is 0 Å². The van der Waals surface area contributed by atoms with E-state index in [0.717, 1.165) is 11.2 Å². The Morgan fingerprint density at radius 2 is 2.23 bits per heavy atom. The largest absolute Gasteiger partial charge is 0.394 e. The van der Waals surface area contributed by atoms with Gasteiger partial charge in [-0.2, -0.15) is 10.4 Å². The fraction of sp³-hybridized carbons (Fsp3) is 0.500. The van der Waals surface area contributed by atoms with E-state index >= 15 is 0 Å². The number of carbonyl (C=O) groups is 1. The summed E-state index contributed by atoms with van der Waals surface area (Å²) < 4.78 is 7.42. The average molecular weight is 357 g/mol. The molecule has 1 aliphatic rings. The summed E-state index contributed by atoms with van der Waals surface area (Å²) in [6, 6.07) is 7.57. The zero-order valence-corrected chi connectivity index (χ0v) is 15.1. The van der Waals surface area contributed by atoms with E-state index in [9.17, 15) is 15.2 Å². The minimum absolute atomic E-state index is 0.143. The second kappa shape index (κ2) is 6.94. The summed E-state index contributed by atoms with van der Waals surface area (Å²) in [6.07, 6.45) is 0.857. The summed E-state index contributed by atoms with van der Waals surface area (Å²) in [5.74, 6) is -0.251. The van der Waals surface area contributed by atoms with Crippen LogP contribution in [0.4, 0.5) is 5.69 Å². The van der Waals surface area contributed by atoms with Crippen molar-refractivity contribution in [2.75, 3.05) is 24.6 Å². The van der Waals surface area contributed by atoms with Crippen LogP contribution in [0.1, 0.15) is 26.5 Å². The van der Waals surface area contributed by atoms with Crippen LogP contribution in [0.5, 0.6) is 0 Å². The number of aromatic nitrogens is 2. The molecule has 0 radical (unpaired) electrons. The van der Waals surface area contributed by atoms with Crippen LogP contribution in [-0.2, 0) is 9.53 Å². The molecule has 8 nitrogen and oxygen atoms in total. The first-order chi connectivity index (χ1) is 12.3. The van der Waals surface area contributed by atoms with Gasteiger partial charge in [0.2, 0.25) is 0 Å². The average Bonchev–Trinajstić information content (AvgIpc) is 3.09. The normalized spacial score (nSPS) is 20.8. The van der Waals surface area contributed by atoms with E-state index in [0.29, 0.717) is 18.8 Å². The maximum atomic E-state index is 12.6. The molecule has 3 heterocycles. The van der Waals surface area contributed by atoms with E-state index in [1.165, 1.54) is 0 Å². The zero-order valence-electron chi connectivity index (χ0n) is 15.1. The predicted molar refractivity (Wildman–Crippen MR) is 95.8 cm³/mol. The van der Waals surface area contributed by atoms with Crippen molar-refractivity contribution in [1.82, 2.24) is 14.9 Å². The number of rotatable bonds is 4. The van der Waals surface area contributed by atoms with Crippen molar-refractivity contribution in [3.05, 3.63) is 30.1 Å². The van der Waals surface area contributed by atoms with E-state index in [4.69, 9.17) is 4.74 Å². The first-order valence-electron chi connectivity index (χ1n) is 8.55. The molecular weight excluding hydrogens is 334 g/mol. The van der Waals surface area contributed by atoms with Crippen LogP contribution in [0.15, 0.2) is 24.4 Å². The van der Waals surface area contributed by atoms with Crippen molar-refractivity contribution in [2.45, 2.75) is 38.5 Å². The topological polar surface area (TPSA) is 103 Å². The Kier molecular flexibility index (Phi) is 4.85. The second-order valence-corrected chi connectivity index (χ2v) is 7.22. The number of aliphatic hydroxyl groups excluding tert-OH is 1. The first-order valence-corrected chi connectivity index (χ1v) is 8.55. The number of aliphatic hydroxyl groups is 1. The van der Waals surface area contributed by atoms with E-state index in [1.54, 1.807) is 30.6 Å². The minimum atomic E-state index is -0.709. The molecule has 1 fully saturated rings. The van der Waals surface area contributed by atoms with Gasteiger partial charge in [0, 0.05) is 6.54 Å². The summed E-state index contributed by atoms with van der Waals surface area (Å²) in [7, 11) is 0. The molecule has 2 atom stereocenters. The maximum Gasteiger partial charge on any atom is 0.251 e. The van der Waals surface area contributed by atoms with Crippen molar-refractivity contribution in [2.24, 2.45) is 0 Å². The minimum Gasteiger partial charge on any atom is -0.394 e. The Labute approximate surface area is 152 Å². The lowest BCUT2D eigenvalue weighted by Gasteiger charge is -2.38. The SMILES string of the molecule is CC1CN(c2ccc(C#N)n3nccc23)CC(C(=O)NC(C)(C)CO)O1. The number of anilines is 1. The lowest BCUT2D eigenvalue weighted by molar-refractivity contribution is -0.139. The molecule has 3 rings (SSSR count). The number of nitrogens with zero attached hydrogens (tertiary/aromatic N) is 4. The lowest BCUT2D eigenvalue weighted by atomic mass is 10.1. The fourth-order valence-corrected chi connectivity index (χ4v) is 3.10. The van der Waals surface area contributed by atoms with Crippen LogP contribution in [-0.4, -0.2) is 58.1 Å². The molecule has 26 heavy (non-hydrogen) atoms. The van der Waals surface area contributed by atoms with Crippen LogP contribution in [0, 0.1) is 11.3 Å². The summed E-state index contributed by atoms with van der Waals surface area (Å²) in [5, 5.41) is 25.6. The molecular formula is C18H23N5O3. The summed E-state index contributed by atoms with van der Waals surface area (Å²) in [4.78, 5) is 14.6. The molecule has 1 aliphatic heterocycles. The van der Waals surface area contributed by atoms with Crippen molar-refractivity contribution < 1.29 is 14.6 Å². The smallest absolute Gasteiger partial charge is 0.251 e. The maximum absolute atomic E-state index is 12.6. The van der Waals surface area contributed by atoms with Gasteiger partial charge in [-0.1, -0.05) is 0 Å². The molecule has 2 N–H and O–H groups in total. The molecule has 138 valence electrons. The number of ether oxygens (including phenoxy) is 1. The molecule has 0 spiro atoms. The van der Waals surface area contributed by atoms with E-state index in [-0.39, 0.29) is 18.6 Å². The number of nitrogens with one attached hydrogen (secondary N) is 1. The van der Waals surface area contributed by atoms with E-state index in [1.807, 2.05) is 19.1 Å². The van der Waals surface area contributed by atoms with Gasteiger partial charge in [0.1, 0.15) is 11.8 Å².